The normalized spacial score (nSPS) is 33.0. The molecule has 126 valence electrons. The number of thioether (sulfide) groups is 1. The molecule has 3 fully saturated rings. The van der Waals surface area contributed by atoms with Gasteiger partial charge in [0.2, 0.25) is 0 Å². The molecule has 2 amide bonds. The number of nitrogens with zero attached hydrogens (tertiary/aromatic N) is 1. The molecule has 3 rings (SSSR count). The largest absolute Gasteiger partial charge is 0.381 e. The van der Waals surface area contributed by atoms with Crippen LogP contribution in [0.3, 0.4) is 0 Å². The molecule has 6 nitrogen and oxygen atoms in total. The summed E-state index contributed by atoms with van der Waals surface area (Å²) < 4.78 is 10.8. The zero-order valence-electron chi connectivity index (χ0n) is 13.1. The summed E-state index contributed by atoms with van der Waals surface area (Å²) in [4.78, 5) is 14.6. The van der Waals surface area contributed by atoms with E-state index >= 15 is 0 Å². The van der Waals surface area contributed by atoms with Crippen molar-refractivity contribution in [2.75, 3.05) is 64.1 Å². The van der Waals surface area contributed by atoms with Gasteiger partial charge < -0.3 is 20.1 Å². The summed E-state index contributed by atoms with van der Waals surface area (Å²) in [6.07, 6.45) is 2.20. The van der Waals surface area contributed by atoms with E-state index in [1.54, 1.807) is 0 Å². The lowest BCUT2D eigenvalue weighted by Gasteiger charge is -2.43. The third-order valence-electron chi connectivity index (χ3n) is 4.92. The van der Waals surface area contributed by atoms with Crippen molar-refractivity contribution in [3.8, 4) is 0 Å². The Hall–Kier alpha value is -0.500. The van der Waals surface area contributed by atoms with E-state index in [4.69, 9.17) is 9.47 Å². The van der Waals surface area contributed by atoms with E-state index in [0.29, 0.717) is 12.5 Å². The Labute approximate surface area is 136 Å². The van der Waals surface area contributed by atoms with Gasteiger partial charge in [0, 0.05) is 50.0 Å². The van der Waals surface area contributed by atoms with Crippen molar-refractivity contribution in [2.24, 2.45) is 5.92 Å². The highest BCUT2D eigenvalue weighted by Crippen LogP contribution is 2.33. The van der Waals surface area contributed by atoms with Crippen molar-refractivity contribution in [3.63, 3.8) is 0 Å². The SMILES string of the molecule is O=C(NC[C@H]1CCOC1)NC[C@@]1(N2CCOCC2)CCSC1. The Bertz CT molecular complexity index is 365. The monoisotopic (exact) mass is 329 g/mol. The predicted octanol–water partition coefficient (Wildman–Crippen LogP) is 0.530. The van der Waals surface area contributed by atoms with E-state index < -0.39 is 0 Å². The molecule has 3 aliphatic rings. The summed E-state index contributed by atoms with van der Waals surface area (Å²) in [5.41, 5.74) is 0.113. The molecule has 0 spiro atoms. The average Bonchev–Trinajstić information content (AvgIpc) is 3.24. The zero-order valence-corrected chi connectivity index (χ0v) is 14.0. The number of carbonyl (C=O) groups is 1. The second kappa shape index (κ2) is 7.86. The first-order valence-corrected chi connectivity index (χ1v) is 9.44. The van der Waals surface area contributed by atoms with Crippen molar-refractivity contribution < 1.29 is 14.3 Å². The molecule has 0 saturated carbocycles. The number of amides is 2. The minimum absolute atomic E-state index is 0.0450. The zero-order chi connectivity index (χ0) is 15.3. The molecule has 7 heteroatoms. The number of hydrogen-bond acceptors (Lipinski definition) is 5. The van der Waals surface area contributed by atoms with Crippen LogP contribution in [0.15, 0.2) is 0 Å². The van der Waals surface area contributed by atoms with Gasteiger partial charge in [-0.25, -0.2) is 4.79 Å². The van der Waals surface area contributed by atoms with E-state index in [1.807, 2.05) is 11.8 Å². The topological polar surface area (TPSA) is 62.8 Å². The van der Waals surface area contributed by atoms with Crippen LogP contribution in [0.4, 0.5) is 4.79 Å². The molecule has 2 atom stereocenters. The third kappa shape index (κ3) is 4.07. The van der Waals surface area contributed by atoms with Crippen molar-refractivity contribution in [1.29, 1.82) is 0 Å². The molecule has 0 aromatic heterocycles. The van der Waals surface area contributed by atoms with Crippen LogP contribution in [0.5, 0.6) is 0 Å². The van der Waals surface area contributed by atoms with Crippen LogP contribution in [-0.4, -0.2) is 80.6 Å². The van der Waals surface area contributed by atoms with Crippen LogP contribution in [-0.2, 0) is 9.47 Å². The van der Waals surface area contributed by atoms with E-state index in [-0.39, 0.29) is 11.6 Å². The fourth-order valence-electron chi connectivity index (χ4n) is 3.42. The number of rotatable bonds is 5. The fraction of sp³-hybridized carbons (Fsp3) is 0.933. The van der Waals surface area contributed by atoms with Gasteiger partial charge in [-0.05, 0) is 18.6 Å². The van der Waals surface area contributed by atoms with Gasteiger partial charge in [-0.2, -0.15) is 11.8 Å². The predicted molar refractivity (Wildman–Crippen MR) is 87.4 cm³/mol. The highest BCUT2D eigenvalue weighted by molar-refractivity contribution is 7.99. The molecule has 0 radical (unpaired) electrons. The summed E-state index contributed by atoms with van der Waals surface area (Å²) in [6.45, 7) is 6.60. The molecule has 22 heavy (non-hydrogen) atoms. The Morgan fingerprint density at radius 1 is 1.23 bits per heavy atom. The molecule has 0 bridgehead atoms. The van der Waals surface area contributed by atoms with Crippen LogP contribution in [0.2, 0.25) is 0 Å². The molecule has 3 aliphatic heterocycles. The number of carbonyl (C=O) groups excluding carboxylic acids is 1. The van der Waals surface area contributed by atoms with E-state index in [1.165, 1.54) is 5.75 Å². The lowest BCUT2D eigenvalue weighted by molar-refractivity contribution is -0.0124. The number of hydrogen-bond donors (Lipinski definition) is 2. The second-order valence-electron chi connectivity index (χ2n) is 6.42. The highest BCUT2D eigenvalue weighted by Gasteiger charge is 2.40. The standard InChI is InChI=1S/C15H27N3O3S/c19-14(16-9-13-1-5-21-10-13)17-11-15(2-8-22-12-15)18-3-6-20-7-4-18/h13H,1-12H2,(H2,16,17,19)/t13-,15+/m1/s1. The Morgan fingerprint density at radius 2 is 2.09 bits per heavy atom. The second-order valence-corrected chi connectivity index (χ2v) is 7.52. The van der Waals surface area contributed by atoms with Crippen LogP contribution in [0.25, 0.3) is 0 Å². The van der Waals surface area contributed by atoms with Gasteiger partial charge in [0.05, 0.1) is 19.8 Å². The summed E-state index contributed by atoms with van der Waals surface area (Å²) in [5.74, 6) is 2.75. The van der Waals surface area contributed by atoms with E-state index in [0.717, 1.165) is 64.7 Å². The number of ether oxygens (including phenoxy) is 2. The van der Waals surface area contributed by atoms with Crippen molar-refractivity contribution >= 4 is 17.8 Å². The molecule has 0 aromatic carbocycles. The average molecular weight is 329 g/mol. The number of morpholine rings is 1. The molecule has 3 saturated heterocycles. The summed E-state index contributed by atoms with van der Waals surface area (Å²) in [5, 5.41) is 6.09. The summed E-state index contributed by atoms with van der Waals surface area (Å²) in [7, 11) is 0. The molecular weight excluding hydrogens is 302 g/mol. The molecule has 0 aliphatic carbocycles. The number of urea groups is 1. The molecule has 0 aromatic rings. The van der Waals surface area contributed by atoms with Gasteiger partial charge in [-0.15, -0.1) is 0 Å². The third-order valence-corrected chi connectivity index (χ3v) is 6.15. The van der Waals surface area contributed by atoms with Crippen molar-refractivity contribution in [3.05, 3.63) is 0 Å². The smallest absolute Gasteiger partial charge is 0.314 e. The van der Waals surface area contributed by atoms with Gasteiger partial charge in [0.15, 0.2) is 0 Å². The summed E-state index contributed by atoms with van der Waals surface area (Å²) in [6, 6.07) is -0.0450. The Kier molecular flexibility index (Phi) is 5.84. The lowest BCUT2D eigenvalue weighted by Crippen LogP contribution is -2.60. The van der Waals surface area contributed by atoms with Crippen LogP contribution >= 0.6 is 11.8 Å². The minimum Gasteiger partial charge on any atom is -0.381 e. The molecule has 3 heterocycles. The van der Waals surface area contributed by atoms with Gasteiger partial charge in [0.1, 0.15) is 0 Å². The quantitative estimate of drug-likeness (QED) is 0.770. The minimum atomic E-state index is -0.0450. The van der Waals surface area contributed by atoms with Crippen molar-refractivity contribution in [2.45, 2.75) is 18.4 Å². The van der Waals surface area contributed by atoms with Gasteiger partial charge in [-0.1, -0.05) is 0 Å². The first-order chi connectivity index (χ1) is 10.8. The van der Waals surface area contributed by atoms with Crippen LogP contribution < -0.4 is 10.6 Å². The molecule has 0 unspecified atom stereocenters. The molecular formula is C15H27N3O3S. The van der Waals surface area contributed by atoms with Crippen LogP contribution in [0.1, 0.15) is 12.8 Å². The highest BCUT2D eigenvalue weighted by atomic mass is 32.2. The fourth-order valence-corrected chi connectivity index (χ4v) is 4.90. The lowest BCUT2D eigenvalue weighted by atomic mass is 9.95. The molecule has 2 N–H and O–H groups in total. The van der Waals surface area contributed by atoms with E-state index in [9.17, 15) is 4.79 Å². The first kappa shape index (κ1) is 16.4. The maximum Gasteiger partial charge on any atom is 0.314 e. The van der Waals surface area contributed by atoms with Crippen LogP contribution in [0, 0.1) is 5.92 Å². The maximum absolute atomic E-state index is 12.1. The maximum atomic E-state index is 12.1. The first-order valence-electron chi connectivity index (χ1n) is 8.28. The van der Waals surface area contributed by atoms with Gasteiger partial charge in [0.25, 0.3) is 0 Å². The summed E-state index contributed by atoms with van der Waals surface area (Å²) >= 11 is 1.99. The van der Waals surface area contributed by atoms with Gasteiger partial charge >= 0.3 is 6.03 Å². The number of nitrogens with one attached hydrogen (secondary N) is 2. The van der Waals surface area contributed by atoms with Gasteiger partial charge in [-0.3, -0.25) is 4.90 Å². The van der Waals surface area contributed by atoms with E-state index in [2.05, 4.69) is 15.5 Å². The Balaban J connectivity index is 1.45. The van der Waals surface area contributed by atoms with Crippen molar-refractivity contribution in [1.82, 2.24) is 15.5 Å². The Morgan fingerprint density at radius 3 is 2.77 bits per heavy atom.